The van der Waals surface area contributed by atoms with Crippen molar-refractivity contribution in [2.75, 3.05) is 70.8 Å². The molecule has 77 heavy (non-hydrogen) atoms. The molecule has 1 spiro atoms. The van der Waals surface area contributed by atoms with Gasteiger partial charge in [0.2, 0.25) is 5.88 Å². The van der Waals surface area contributed by atoms with Gasteiger partial charge in [-0.05, 0) is 135 Å². The molecule has 2 atom stereocenters. The Hall–Kier alpha value is -6.22. The number of allylic oxidation sites excluding steroid dienone is 1. The SMILES string of the molecule is COc1cc(CN2CCN(C3CC4(CCN(c5ccc(C(=O)NS(=O)(=O)c6cnc(NC[C@H]7CC[C@](C)(O)CC7)c([NH+](C)[O-])c6)c(Oc6cc7c(nc6OC)CC=C7F)c5)CC4)C3)C(c3ccccc3C3CC3)C2)ccn1. The number of nitrogens with one attached hydrogen (secondary N) is 3. The summed E-state index contributed by atoms with van der Waals surface area (Å²) >= 11 is 0. The lowest BCUT2D eigenvalue weighted by Gasteiger charge is -2.58. The number of rotatable bonds is 17. The average molecular weight is 1070 g/mol. The normalized spacial score (nSPS) is 23.2. The van der Waals surface area contributed by atoms with E-state index in [9.17, 15) is 23.5 Å². The predicted octanol–water partition coefficient (Wildman–Crippen LogP) is 7.85. The smallest absolute Gasteiger partial charge is 0.268 e. The minimum atomic E-state index is -4.58. The van der Waals surface area contributed by atoms with Crippen LogP contribution in [0, 0.1) is 16.5 Å². The number of hydroxylamine groups is 1. The Morgan fingerprint density at radius 1 is 0.922 bits per heavy atom. The van der Waals surface area contributed by atoms with Crippen LogP contribution in [-0.4, -0.2) is 116 Å². The van der Waals surface area contributed by atoms with Gasteiger partial charge in [0, 0.05) is 100.0 Å². The lowest BCUT2D eigenvalue weighted by Crippen LogP contribution is -2.98. The Labute approximate surface area is 450 Å². The first-order chi connectivity index (χ1) is 37.1. The molecule has 1 amide bonds. The Kier molecular flexibility index (Phi) is 14.8. The number of piperazine rings is 1. The number of carbonyl (C=O) groups excluding carboxylic acids is 1. The lowest BCUT2D eigenvalue weighted by atomic mass is 9.59. The van der Waals surface area contributed by atoms with Gasteiger partial charge in [-0.1, -0.05) is 24.3 Å². The van der Waals surface area contributed by atoms with Gasteiger partial charge in [-0.3, -0.25) is 14.6 Å². The van der Waals surface area contributed by atoms with E-state index in [4.69, 9.17) is 14.2 Å². The summed E-state index contributed by atoms with van der Waals surface area (Å²) < 4.78 is 62.7. The van der Waals surface area contributed by atoms with Crippen LogP contribution in [0.2, 0.25) is 0 Å². The van der Waals surface area contributed by atoms with Gasteiger partial charge in [0.05, 0.1) is 44.3 Å². The van der Waals surface area contributed by atoms with Crippen molar-refractivity contribution in [1.82, 2.24) is 29.5 Å². The summed E-state index contributed by atoms with van der Waals surface area (Å²) in [4.78, 5) is 34.8. The molecule has 2 unspecified atom stereocenters. The predicted molar refractivity (Wildman–Crippen MR) is 291 cm³/mol. The highest BCUT2D eigenvalue weighted by Gasteiger charge is 2.50. The largest absolute Gasteiger partial charge is 0.629 e. The number of piperidine rings is 1. The van der Waals surface area contributed by atoms with Crippen LogP contribution in [0.3, 0.4) is 0 Å². The number of hydrogen-bond donors (Lipinski definition) is 4. The number of hydrogen-bond acceptors (Lipinski definition) is 15. The second kappa shape index (κ2) is 21.5. The summed E-state index contributed by atoms with van der Waals surface area (Å²) in [6.45, 7) is 7.62. The van der Waals surface area contributed by atoms with Gasteiger partial charge in [-0.25, -0.2) is 32.5 Å². The molecule has 17 nitrogen and oxygen atoms in total. The fraction of sp³-hybridized carbons (Fsp3) is 0.483. The number of sulfonamides is 1. The zero-order chi connectivity index (χ0) is 53.6. The molecular formula is C58H70FN9O8S. The van der Waals surface area contributed by atoms with E-state index in [-0.39, 0.29) is 68.7 Å². The van der Waals surface area contributed by atoms with Crippen LogP contribution < -0.4 is 34.2 Å². The molecule has 408 valence electrons. The third kappa shape index (κ3) is 11.4. The number of ether oxygens (including phenoxy) is 3. The van der Waals surface area contributed by atoms with E-state index in [1.165, 1.54) is 68.0 Å². The number of halogens is 1. The summed E-state index contributed by atoms with van der Waals surface area (Å²) in [5.74, 6) is 0.473. The van der Waals surface area contributed by atoms with Crippen molar-refractivity contribution in [3.05, 3.63) is 124 Å². The van der Waals surface area contributed by atoms with Crippen molar-refractivity contribution < 1.29 is 42.0 Å². The van der Waals surface area contributed by atoms with Gasteiger partial charge in [0.15, 0.2) is 17.3 Å². The maximum absolute atomic E-state index is 15.0. The Bertz CT molecular complexity index is 3150. The van der Waals surface area contributed by atoms with E-state index in [0.717, 1.165) is 89.7 Å². The van der Waals surface area contributed by atoms with Crippen molar-refractivity contribution in [2.24, 2.45) is 11.3 Å². The number of aromatic nitrogens is 3. The molecule has 4 N–H and O–H groups in total. The van der Waals surface area contributed by atoms with Crippen LogP contribution in [0.25, 0.3) is 5.83 Å². The number of anilines is 2. The lowest BCUT2D eigenvalue weighted by molar-refractivity contribution is -0.751. The Morgan fingerprint density at radius 2 is 1.69 bits per heavy atom. The summed E-state index contributed by atoms with van der Waals surface area (Å²) in [5, 5.41) is 26.1. The van der Waals surface area contributed by atoms with E-state index >= 15 is 4.39 Å². The fourth-order valence-corrected chi connectivity index (χ4v) is 13.4. The molecule has 19 heteroatoms. The van der Waals surface area contributed by atoms with E-state index in [1.807, 2.05) is 19.2 Å². The minimum absolute atomic E-state index is 0.0210. The highest BCUT2D eigenvalue weighted by Crippen LogP contribution is 2.54. The third-order valence-electron chi connectivity index (χ3n) is 17.2. The number of aliphatic hydroxyl groups is 1. The van der Waals surface area contributed by atoms with E-state index in [1.54, 1.807) is 19.2 Å². The molecule has 3 saturated carbocycles. The molecule has 2 saturated heterocycles. The summed E-state index contributed by atoms with van der Waals surface area (Å²) in [6.07, 6.45) is 14.3. The van der Waals surface area contributed by atoms with Crippen LogP contribution in [0.1, 0.15) is 121 Å². The Morgan fingerprint density at radius 3 is 2.42 bits per heavy atom. The summed E-state index contributed by atoms with van der Waals surface area (Å²) in [5.41, 5.74) is 5.14. The van der Waals surface area contributed by atoms with E-state index < -0.39 is 32.4 Å². The van der Waals surface area contributed by atoms with Crippen molar-refractivity contribution in [3.8, 4) is 23.3 Å². The molecule has 0 bridgehead atoms. The summed E-state index contributed by atoms with van der Waals surface area (Å²) in [6, 6.07) is 21.7. The van der Waals surface area contributed by atoms with Crippen molar-refractivity contribution >= 4 is 38.9 Å². The summed E-state index contributed by atoms with van der Waals surface area (Å²) in [7, 11) is -0.176. The molecule has 2 aliphatic heterocycles. The first kappa shape index (κ1) is 52.8. The number of benzene rings is 2. The average Bonchev–Trinajstić information content (AvgIpc) is 4.22. The van der Waals surface area contributed by atoms with Crippen LogP contribution in [0.5, 0.6) is 23.3 Å². The van der Waals surface area contributed by atoms with Crippen LogP contribution in [0.15, 0.2) is 90.1 Å². The van der Waals surface area contributed by atoms with Gasteiger partial charge in [0.1, 0.15) is 16.5 Å². The number of pyridine rings is 3. The number of quaternary nitrogens is 1. The van der Waals surface area contributed by atoms with Gasteiger partial charge in [-0.2, -0.15) is 0 Å². The van der Waals surface area contributed by atoms with Crippen LogP contribution >= 0.6 is 0 Å². The van der Waals surface area contributed by atoms with Gasteiger partial charge in [-0.15, -0.1) is 0 Å². The van der Waals surface area contributed by atoms with Crippen LogP contribution in [0.4, 0.5) is 21.6 Å². The van der Waals surface area contributed by atoms with Gasteiger partial charge < -0.3 is 39.8 Å². The first-order valence-electron chi connectivity index (χ1n) is 27.2. The molecule has 6 aliphatic rings. The number of fused-ring (bicyclic) bond motifs is 1. The molecule has 3 aromatic heterocycles. The van der Waals surface area contributed by atoms with Crippen LogP contribution in [-0.2, 0) is 23.0 Å². The van der Waals surface area contributed by atoms with Crippen molar-refractivity contribution in [3.63, 3.8) is 0 Å². The van der Waals surface area contributed by atoms with Crippen molar-refractivity contribution in [2.45, 2.75) is 113 Å². The highest BCUT2D eigenvalue weighted by molar-refractivity contribution is 7.90. The second-order valence-corrected chi connectivity index (χ2v) is 24.2. The number of methoxy groups -OCH3 is 2. The second-order valence-electron chi connectivity index (χ2n) is 22.6. The number of amides is 1. The molecule has 4 aliphatic carbocycles. The maximum atomic E-state index is 15.0. The van der Waals surface area contributed by atoms with E-state index in [2.05, 4.69) is 70.0 Å². The molecule has 5 aromatic rings. The van der Waals surface area contributed by atoms with Crippen molar-refractivity contribution in [1.29, 1.82) is 0 Å². The number of nitrogens with zero attached hydrogens (tertiary/aromatic N) is 6. The van der Waals surface area contributed by atoms with E-state index in [0.29, 0.717) is 42.9 Å². The Balaban J connectivity index is 0.800. The molecular weight excluding hydrogens is 1000 g/mol. The minimum Gasteiger partial charge on any atom is -0.629 e. The monoisotopic (exact) mass is 1070 g/mol. The zero-order valence-corrected chi connectivity index (χ0v) is 45.2. The molecule has 5 heterocycles. The maximum Gasteiger partial charge on any atom is 0.268 e. The molecule has 0 radical (unpaired) electrons. The third-order valence-corrected chi connectivity index (χ3v) is 18.5. The topological polar surface area (TPSA) is 199 Å². The molecule has 5 fully saturated rings. The fourth-order valence-electron chi connectivity index (χ4n) is 12.5. The molecule has 11 rings (SSSR count). The zero-order valence-electron chi connectivity index (χ0n) is 44.4. The quantitative estimate of drug-likeness (QED) is 0.0656. The van der Waals surface area contributed by atoms with Gasteiger partial charge >= 0.3 is 0 Å². The van der Waals surface area contributed by atoms with Gasteiger partial charge in [0.25, 0.3) is 21.8 Å². The standard InChI is InChI=1S/C58H70FN9O8S/c1-57(70)18-15-37(16-19-57)33-61-54-49(65(2)71)29-42(34-62-54)77(72,73)64-55(69)45-12-11-40(28-51(45)76-52-30-46-47(59)13-14-48(46)63-56(52)75-4)67-23-20-58(21-24-67)31-41(32-58)68-26-25-66(35-38-17-22-60-53(27-38)74-3)36-50(68)44-8-6-5-7-43(44)39-9-10-39/h5-8,11-13,17,22,27-30,34,37,39,41,50,65,70H,9-10,14-16,18-21,23-26,31-33,35-36H2,1-4H3,(H,61,62)(H,64,69)/t37-,50?,57-. The first-order valence-corrected chi connectivity index (χ1v) is 28.7. The molecule has 2 aromatic carbocycles. The highest BCUT2D eigenvalue weighted by atomic mass is 32.2. The number of carbonyl (C=O) groups is 1.